The number of pyridine rings is 2. The summed E-state index contributed by atoms with van der Waals surface area (Å²) in [5, 5.41) is 15.8. The van der Waals surface area contributed by atoms with Crippen molar-refractivity contribution in [2.45, 2.75) is 57.5 Å². The monoisotopic (exact) mass is 835 g/mol. The predicted octanol–water partition coefficient (Wildman–Crippen LogP) is 4.82. The number of nitrogens with one attached hydrogen (secondary N) is 4. The number of hydrogen-bond acceptors (Lipinski definition) is 12. The number of anilines is 3. The van der Waals surface area contributed by atoms with Crippen molar-refractivity contribution in [2.75, 3.05) is 68.5 Å². The van der Waals surface area contributed by atoms with E-state index in [2.05, 4.69) is 51.1 Å². The number of aromatic nitrogens is 5. The maximum atomic E-state index is 13.2. The topological polar surface area (TPSA) is 197 Å². The fourth-order valence-corrected chi connectivity index (χ4v) is 8.15. The van der Waals surface area contributed by atoms with Crippen LogP contribution in [0.4, 0.5) is 22.0 Å². The normalized spacial score (nSPS) is 18.8. The van der Waals surface area contributed by atoms with Gasteiger partial charge in [0.05, 0.1) is 41.2 Å². The molecule has 3 saturated heterocycles. The summed E-state index contributed by atoms with van der Waals surface area (Å²) in [5.74, 6) is 0.722. The van der Waals surface area contributed by atoms with Crippen LogP contribution in [0, 0.1) is 11.8 Å². The van der Waals surface area contributed by atoms with Gasteiger partial charge in [0.15, 0.2) is 10.8 Å². The molecule has 4 aromatic heterocycles. The summed E-state index contributed by atoms with van der Waals surface area (Å²) in [6.07, 6.45) is 8.73. The molecule has 5 amide bonds. The van der Waals surface area contributed by atoms with Crippen LogP contribution >= 0.6 is 23.2 Å². The second-order valence-electron chi connectivity index (χ2n) is 14.9. The van der Waals surface area contributed by atoms with E-state index in [1.165, 1.54) is 23.0 Å². The van der Waals surface area contributed by atoms with Gasteiger partial charge in [0.2, 0.25) is 23.6 Å². The molecule has 0 bridgehead atoms. The van der Waals surface area contributed by atoms with Gasteiger partial charge >= 0.3 is 6.03 Å². The minimum atomic E-state index is -0.602. The van der Waals surface area contributed by atoms with E-state index in [0.29, 0.717) is 40.8 Å². The van der Waals surface area contributed by atoms with Crippen LogP contribution < -0.4 is 30.9 Å². The maximum Gasteiger partial charge on any atom is 0.323 e. The number of fused-ring (bicyclic) bond motifs is 1. The predicted molar refractivity (Wildman–Crippen MR) is 217 cm³/mol. The van der Waals surface area contributed by atoms with Crippen molar-refractivity contribution in [3.8, 4) is 5.88 Å². The van der Waals surface area contributed by atoms with E-state index < -0.39 is 12.1 Å². The molecule has 3 aliphatic heterocycles. The van der Waals surface area contributed by atoms with E-state index in [-0.39, 0.29) is 59.4 Å². The Morgan fingerprint density at radius 1 is 0.966 bits per heavy atom. The molecule has 0 aromatic carbocycles. The number of piperidine rings is 3. The first kappa shape index (κ1) is 41.1. The minimum Gasteiger partial charge on any atom is -0.474 e. The number of carbonyl (C=O) groups excluding carboxylic acids is 4. The van der Waals surface area contributed by atoms with Gasteiger partial charge in [-0.1, -0.05) is 23.2 Å². The fraction of sp³-hybridized carbons (Fsp3) is 0.487. The maximum absolute atomic E-state index is 13.2. The Bertz CT molecular complexity index is 2140. The Morgan fingerprint density at radius 2 is 1.74 bits per heavy atom. The van der Waals surface area contributed by atoms with Crippen LogP contribution in [0.1, 0.15) is 68.7 Å². The van der Waals surface area contributed by atoms with Crippen LogP contribution in [0.5, 0.6) is 5.88 Å². The summed E-state index contributed by atoms with van der Waals surface area (Å²) in [6, 6.07) is 6.38. The Kier molecular flexibility index (Phi) is 13.2. The molecule has 0 saturated carbocycles. The van der Waals surface area contributed by atoms with Crippen molar-refractivity contribution in [1.82, 2.24) is 40.1 Å². The summed E-state index contributed by atoms with van der Waals surface area (Å²) >= 11 is 12.3. The smallest absolute Gasteiger partial charge is 0.323 e. The third-order valence-electron chi connectivity index (χ3n) is 11.0. The van der Waals surface area contributed by atoms with E-state index in [1.807, 2.05) is 19.1 Å². The molecule has 0 radical (unpaired) electrons. The molecule has 0 spiro atoms. The Balaban J connectivity index is 0.826. The lowest BCUT2D eigenvalue weighted by Gasteiger charge is -2.38. The number of likely N-dealkylation sites (tertiary alicyclic amines) is 1. The highest BCUT2D eigenvalue weighted by molar-refractivity contribution is 6.31. The quantitative estimate of drug-likeness (QED) is 0.106. The van der Waals surface area contributed by atoms with E-state index in [1.54, 1.807) is 19.4 Å². The number of hydrogen-bond donors (Lipinski definition) is 4. The molecule has 7 heterocycles. The lowest BCUT2D eigenvalue weighted by molar-refractivity contribution is -0.134. The first-order valence-electron chi connectivity index (χ1n) is 19.5. The molecule has 2 atom stereocenters. The van der Waals surface area contributed by atoms with Gasteiger partial charge in [-0.05, 0) is 81.8 Å². The number of nitrogens with zero attached hydrogens (tertiary/aromatic N) is 7. The van der Waals surface area contributed by atoms with E-state index in [0.717, 1.165) is 69.8 Å². The molecule has 4 aromatic rings. The fourth-order valence-electron chi connectivity index (χ4n) is 7.82. The number of halogens is 2. The molecular formula is C39H47Cl2N11O6. The van der Waals surface area contributed by atoms with Gasteiger partial charge in [0.1, 0.15) is 18.1 Å². The van der Waals surface area contributed by atoms with Gasteiger partial charge in [-0.3, -0.25) is 19.7 Å². The summed E-state index contributed by atoms with van der Waals surface area (Å²) in [5.41, 5.74) is 2.54. The Morgan fingerprint density at radius 3 is 2.50 bits per heavy atom. The summed E-state index contributed by atoms with van der Waals surface area (Å²) in [7, 11) is 1.54. The third-order valence-corrected chi connectivity index (χ3v) is 11.4. The van der Waals surface area contributed by atoms with Crippen molar-refractivity contribution in [1.29, 1.82) is 0 Å². The van der Waals surface area contributed by atoms with Gasteiger partial charge < -0.3 is 35.2 Å². The number of urea groups is 1. The molecule has 19 heteroatoms. The van der Waals surface area contributed by atoms with Crippen LogP contribution in [-0.4, -0.2) is 106 Å². The second kappa shape index (κ2) is 18.7. The molecule has 0 aliphatic carbocycles. The van der Waals surface area contributed by atoms with Crippen LogP contribution in [0.3, 0.4) is 0 Å². The highest BCUT2D eigenvalue weighted by Crippen LogP contribution is 2.31. The minimum absolute atomic E-state index is 0.00414. The zero-order chi connectivity index (χ0) is 40.8. The molecule has 58 heavy (non-hydrogen) atoms. The van der Waals surface area contributed by atoms with E-state index in [4.69, 9.17) is 32.7 Å². The van der Waals surface area contributed by atoms with Gasteiger partial charge in [-0.2, -0.15) is 5.10 Å². The molecule has 3 fully saturated rings. The number of methoxy groups -OCH3 is 1. The number of imide groups is 1. The van der Waals surface area contributed by atoms with Gasteiger partial charge in [0, 0.05) is 57.5 Å². The molecule has 7 rings (SSSR count). The first-order chi connectivity index (χ1) is 28.0. The van der Waals surface area contributed by atoms with Gasteiger partial charge in [0.25, 0.3) is 0 Å². The average Bonchev–Trinajstić information content (AvgIpc) is 3.60. The SMILES string of the molecule is CO[C@@H](C)c1c(NC(=O)Nc2cc(Cl)cnc2OCCNC(=O)C2CCN(CC3CCN(c4cc(C5CCC(=O)NC5=O)ccn4)CC3)CC2)cnc2cc(Cl)nn12. The third kappa shape index (κ3) is 9.94. The summed E-state index contributed by atoms with van der Waals surface area (Å²) in [6.45, 7) is 6.70. The van der Waals surface area contributed by atoms with Crippen molar-refractivity contribution in [2.24, 2.45) is 11.8 Å². The first-order valence-corrected chi connectivity index (χ1v) is 20.3. The summed E-state index contributed by atoms with van der Waals surface area (Å²) < 4.78 is 12.9. The van der Waals surface area contributed by atoms with E-state index in [9.17, 15) is 19.2 Å². The van der Waals surface area contributed by atoms with E-state index >= 15 is 0 Å². The molecule has 3 aliphatic rings. The van der Waals surface area contributed by atoms with Crippen molar-refractivity contribution in [3.05, 3.63) is 64.3 Å². The number of amides is 5. The zero-order valence-electron chi connectivity index (χ0n) is 32.4. The van der Waals surface area contributed by atoms with Crippen LogP contribution in [-0.2, 0) is 19.1 Å². The number of rotatable bonds is 13. The summed E-state index contributed by atoms with van der Waals surface area (Å²) in [4.78, 5) is 68.1. The zero-order valence-corrected chi connectivity index (χ0v) is 33.9. The largest absolute Gasteiger partial charge is 0.474 e. The molecule has 4 N–H and O–H groups in total. The van der Waals surface area contributed by atoms with Crippen LogP contribution in [0.25, 0.3) is 5.65 Å². The molecule has 17 nitrogen and oxygen atoms in total. The Labute approximate surface area is 345 Å². The molecule has 1 unspecified atom stereocenters. The molecular weight excluding hydrogens is 789 g/mol. The van der Waals surface area contributed by atoms with Crippen LogP contribution in [0.15, 0.2) is 42.9 Å². The van der Waals surface area contributed by atoms with Gasteiger partial charge in [-0.25, -0.2) is 24.3 Å². The number of carbonyl (C=O) groups is 4. The highest BCUT2D eigenvalue weighted by atomic mass is 35.5. The lowest BCUT2D eigenvalue weighted by Crippen LogP contribution is -2.44. The average molecular weight is 837 g/mol. The number of ether oxygens (including phenoxy) is 2. The van der Waals surface area contributed by atoms with Crippen molar-refractivity contribution < 1.29 is 28.7 Å². The second-order valence-corrected chi connectivity index (χ2v) is 15.7. The Hall–Kier alpha value is -5.10. The molecule has 308 valence electrons. The standard InChI is InChI=1S/C39H47Cl2N11O6/c1-23(57-2)35-30(21-44-33-19-31(41)49-52(33)35)47-39(56)46-29-18-27(40)20-45-38(29)58-16-11-43-36(54)25-8-12-50(13-9-25)22-24-6-14-51(15-7-24)32-17-26(5-10-42-32)28-3-4-34(53)48-37(28)55/h5,10,17-21,23-25,28H,3-4,6-9,11-16,22H2,1-2H3,(H,43,54)(H2,46,47,56)(H,48,53,55)/t23-,28?/m0/s1. The van der Waals surface area contributed by atoms with Crippen LogP contribution in [0.2, 0.25) is 10.2 Å². The van der Waals surface area contributed by atoms with Gasteiger partial charge in [-0.15, -0.1) is 0 Å². The van der Waals surface area contributed by atoms with Crippen molar-refractivity contribution >= 4 is 69.8 Å². The van der Waals surface area contributed by atoms with Crippen molar-refractivity contribution in [3.63, 3.8) is 0 Å². The lowest BCUT2D eigenvalue weighted by atomic mass is 9.90. The highest BCUT2D eigenvalue weighted by Gasteiger charge is 2.31.